The van der Waals surface area contributed by atoms with Crippen molar-refractivity contribution in [3.05, 3.63) is 0 Å². The second kappa shape index (κ2) is 2.81. The van der Waals surface area contributed by atoms with Crippen LogP contribution < -0.4 is 0 Å². The van der Waals surface area contributed by atoms with Crippen molar-refractivity contribution in [2.24, 2.45) is 11.8 Å². The van der Waals surface area contributed by atoms with Gasteiger partial charge in [-0.05, 0) is 33.6 Å². The van der Waals surface area contributed by atoms with Crippen LogP contribution in [0, 0.1) is 11.8 Å². The lowest BCUT2D eigenvalue weighted by molar-refractivity contribution is -0.129. The van der Waals surface area contributed by atoms with Gasteiger partial charge in [-0.15, -0.1) is 0 Å². The lowest BCUT2D eigenvalue weighted by Gasteiger charge is -2.40. The molecular formula is C11H19NO. The first-order chi connectivity index (χ1) is 5.98. The monoisotopic (exact) mass is 181 g/mol. The first-order valence-electron chi connectivity index (χ1n) is 5.27. The van der Waals surface area contributed by atoms with Gasteiger partial charge >= 0.3 is 0 Å². The van der Waals surface area contributed by atoms with Gasteiger partial charge < -0.3 is 0 Å². The highest BCUT2D eigenvalue weighted by Crippen LogP contribution is 2.35. The van der Waals surface area contributed by atoms with Crippen LogP contribution in [-0.2, 0) is 4.79 Å². The summed E-state index contributed by atoms with van der Waals surface area (Å²) in [6.45, 7) is 8.71. The molecule has 0 aromatic rings. The number of hydrogen-bond donors (Lipinski definition) is 0. The molecule has 2 atom stereocenters. The van der Waals surface area contributed by atoms with Gasteiger partial charge in [0.1, 0.15) is 5.78 Å². The maximum Gasteiger partial charge on any atom is 0.141 e. The molecular weight excluding hydrogens is 162 g/mol. The molecule has 2 rings (SSSR count). The number of rotatable bonds is 0. The third-order valence-electron chi connectivity index (χ3n) is 3.50. The van der Waals surface area contributed by atoms with Crippen LogP contribution in [0.5, 0.6) is 0 Å². The van der Waals surface area contributed by atoms with E-state index >= 15 is 0 Å². The second-order valence-corrected chi connectivity index (χ2v) is 5.45. The molecule has 1 saturated heterocycles. The zero-order valence-corrected chi connectivity index (χ0v) is 8.84. The molecule has 0 aromatic carbocycles. The van der Waals surface area contributed by atoms with Gasteiger partial charge in [0.05, 0.1) is 0 Å². The molecule has 0 spiro atoms. The predicted octanol–water partition coefficient (Wildman–Crippen LogP) is 1.70. The van der Waals surface area contributed by atoms with E-state index in [1.807, 2.05) is 0 Å². The van der Waals surface area contributed by atoms with Gasteiger partial charge in [0.15, 0.2) is 0 Å². The highest BCUT2D eigenvalue weighted by molar-refractivity contribution is 5.86. The molecule has 0 N–H and O–H groups in total. The minimum atomic E-state index is 0.238. The van der Waals surface area contributed by atoms with E-state index in [4.69, 9.17) is 0 Å². The lowest BCUT2D eigenvalue weighted by Crippen LogP contribution is -2.51. The van der Waals surface area contributed by atoms with Gasteiger partial charge in [-0.25, -0.2) is 0 Å². The van der Waals surface area contributed by atoms with Crippen molar-refractivity contribution < 1.29 is 4.79 Å². The number of ketones is 1. The molecule has 0 aromatic heterocycles. The molecule has 1 heterocycles. The number of nitrogens with zero attached hydrogens (tertiary/aromatic N) is 1. The summed E-state index contributed by atoms with van der Waals surface area (Å²) in [7, 11) is 0. The average molecular weight is 181 g/mol. The van der Waals surface area contributed by atoms with E-state index in [1.165, 1.54) is 0 Å². The van der Waals surface area contributed by atoms with E-state index < -0.39 is 0 Å². The minimum Gasteiger partial charge on any atom is -0.299 e. The summed E-state index contributed by atoms with van der Waals surface area (Å²) in [5.41, 5.74) is 0.238. The van der Waals surface area contributed by atoms with Gasteiger partial charge in [0.2, 0.25) is 0 Å². The van der Waals surface area contributed by atoms with Gasteiger partial charge in [-0.3, -0.25) is 9.69 Å². The Morgan fingerprint density at radius 1 is 1.15 bits per heavy atom. The number of carbonyl (C=O) groups excluding carboxylic acids is 1. The van der Waals surface area contributed by atoms with Crippen molar-refractivity contribution in [2.45, 2.75) is 39.2 Å². The van der Waals surface area contributed by atoms with E-state index in [2.05, 4.69) is 25.7 Å². The summed E-state index contributed by atoms with van der Waals surface area (Å²) < 4.78 is 0. The fraction of sp³-hybridized carbons (Fsp3) is 0.909. The third-order valence-corrected chi connectivity index (χ3v) is 3.50. The molecule has 1 aliphatic carbocycles. The summed E-state index contributed by atoms with van der Waals surface area (Å²) in [5, 5.41) is 0. The molecule has 74 valence electrons. The maximum absolute atomic E-state index is 11.6. The molecule has 0 radical (unpaired) electrons. The molecule has 2 nitrogen and oxygen atoms in total. The predicted molar refractivity (Wildman–Crippen MR) is 52.5 cm³/mol. The number of fused-ring (bicyclic) bond motifs is 2. The number of Topliss-reactive ketones (excluding diaryl/α,β-unsaturated/α-hetero) is 1. The molecule has 0 unspecified atom stereocenters. The van der Waals surface area contributed by atoms with Crippen LogP contribution in [0.4, 0.5) is 0 Å². The lowest BCUT2D eigenvalue weighted by atomic mass is 9.92. The Balaban J connectivity index is 2.11. The van der Waals surface area contributed by atoms with Crippen molar-refractivity contribution in [2.75, 3.05) is 13.1 Å². The first kappa shape index (κ1) is 9.20. The molecule has 2 fully saturated rings. The Morgan fingerprint density at radius 3 is 2.00 bits per heavy atom. The summed E-state index contributed by atoms with van der Waals surface area (Å²) in [6.07, 6.45) is 2.27. The fourth-order valence-electron chi connectivity index (χ4n) is 2.54. The molecule has 1 saturated carbocycles. The number of carbonyl (C=O) groups is 1. The number of piperidine rings is 1. The molecule has 1 aliphatic heterocycles. The molecule has 2 aliphatic rings. The highest BCUT2D eigenvalue weighted by Gasteiger charge is 2.43. The molecule has 0 amide bonds. The summed E-state index contributed by atoms with van der Waals surface area (Å²) in [5.74, 6) is 1.26. The topological polar surface area (TPSA) is 20.3 Å². The molecule has 2 bridgehead atoms. The van der Waals surface area contributed by atoms with Crippen LogP contribution >= 0.6 is 0 Å². The molecule has 13 heavy (non-hydrogen) atoms. The van der Waals surface area contributed by atoms with Crippen molar-refractivity contribution in [3.8, 4) is 0 Å². The zero-order valence-electron chi connectivity index (χ0n) is 8.84. The Hall–Kier alpha value is -0.370. The first-order valence-corrected chi connectivity index (χ1v) is 5.27. The standard InChI is InChI=1S/C11H19NO/c1-11(2,3)12-6-8-4-5-9(7-12)10(8)13/h8-9H,4-7H2,1-3H3/t8-,9+. The highest BCUT2D eigenvalue weighted by atomic mass is 16.1. The van der Waals surface area contributed by atoms with E-state index in [1.54, 1.807) is 0 Å². The van der Waals surface area contributed by atoms with Crippen molar-refractivity contribution in [1.82, 2.24) is 4.90 Å². The Labute approximate surface area is 80.3 Å². The Kier molecular flexibility index (Phi) is 1.99. The molecule has 2 heteroatoms. The average Bonchev–Trinajstić information content (AvgIpc) is 2.29. The smallest absolute Gasteiger partial charge is 0.141 e. The minimum absolute atomic E-state index is 0.238. The van der Waals surface area contributed by atoms with Gasteiger partial charge in [0, 0.05) is 30.5 Å². The van der Waals surface area contributed by atoms with Crippen LogP contribution in [0.1, 0.15) is 33.6 Å². The zero-order chi connectivity index (χ0) is 9.64. The summed E-state index contributed by atoms with van der Waals surface area (Å²) in [6, 6.07) is 0. The van der Waals surface area contributed by atoms with Crippen LogP contribution in [-0.4, -0.2) is 29.3 Å². The normalized spacial score (nSPS) is 35.5. The van der Waals surface area contributed by atoms with E-state index in [-0.39, 0.29) is 5.54 Å². The van der Waals surface area contributed by atoms with Crippen LogP contribution in [0.3, 0.4) is 0 Å². The fourth-order valence-corrected chi connectivity index (χ4v) is 2.54. The number of likely N-dealkylation sites (tertiary alicyclic amines) is 1. The van der Waals surface area contributed by atoms with E-state index in [0.29, 0.717) is 17.6 Å². The van der Waals surface area contributed by atoms with Crippen LogP contribution in [0.2, 0.25) is 0 Å². The van der Waals surface area contributed by atoms with Gasteiger partial charge in [-0.2, -0.15) is 0 Å². The van der Waals surface area contributed by atoms with E-state index in [0.717, 1.165) is 25.9 Å². The van der Waals surface area contributed by atoms with Gasteiger partial charge in [-0.1, -0.05) is 0 Å². The SMILES string of the molecule is CC(C)(C)N1C[C@H]2CC[C@@H](C1)C2=O. The van der Waals surface area contributed by atoms with Crippen molar-refractivity contribution in [3.63, 3.8) is 0 Å². The largest absolute Gasteiger partial charge is 0.299 e. The quantitative estimate of drug-likeness (QED) is 0.567. The summed E-state index contributed by atoms with van der Waals surface area (Å²) in [4.78, 5) is 14.1. The number of hydrogen-bond acceptors (Lipinski definition) is 2. The van der Waals surface area contributed by atoms with Crippen LogP contribution in [0.25, 0.3) is 0 Å². The Morgan fingerprint density at radius 2 is 1.62 bits per heavy atom. The third kappa shape index (κ3) is 1.52. The summed E-state index contributed by atoms with van der Waals surface area (Å²) >= 11 is 0. The van der Waals surface area contributed by atoms with Crippen molar-refractivity contribution in [1.29, 1.82) is 0 Å². The van der Waals surface area contributed by atoms with E-state index in [9.17, 15) is 4.79 Å². The second-order valence-electron chi connectivity index (χ2n) is 5.45. The van der Waals surface area contributed by atoms with Crippen molar-refractivity contribution >= 4 is 5.78 Å². The van der Waals surface area contributed by atoms with Gasteiger partial charge in [0.25, 0.3) is 0 Å². The van der Waals surface area contributed by atoms with Crippen LogP contribution in [0.15, 0.2) is 0 Å². The maximum atomic E-state index is 11.6. The Bertz CT molecular complexity index is 213.